The highest BCUT2D eigenvalue weighted by Gasteiger charge is 2.37. The van der Waals surface area contributed by atoms with Crippen LogP contribution in [0.1, 0.15) is 35.2 Å². The number of carbonyl (C=O) groups excluding carboxylic acids is 1. The molecule has 0 saturated carbocycles. The van der Waals surface area contributed by atoms with Crippen molar-refractivity contribution in [1.29, 1.82) is 0 Å². The Hall–Kier alpha value is -2.63. The zero-order valence-electron chi connectivity index (χ0n) is 15.4. The SMILES string of the molecule is O=C1CC(c2cccs2)CC2=C1C(c1c(F)cccc1Cl)Nc1ccccc1N2. The maximum atomic E-state index is 14.9. The van der Waals surface area contributed by atoms with E-state index in [0.717, 1.165) is 17.1 Å². The van der Waals surface area contributed by atoms with E-state index in [1.54, 1.807) is 23.5 Å². The van der Waals surface area contributed by atoms with Crippen LogP contribution in [0.4, 0.5) is 15.8 Å². The van der Waals surface area contributed by atoms with Crippen molar-refractivity contribution < 1.29 is 9.18 Å². The number of carbonyl (C=O) groups is 1. The van der Waals surface area contributed by atoms with Gasteiger partial charge in [0.05, 0.1) is 17.4 Å². The van der Waals surface area contributed by atoms with Gasteiger partial charge in [-0.05, 0) is 42.1 Å². The van der Waals surface area contributed by atoms with Crippen molar-refractivity contribution in [2.75, 3.05) is 10.6 Å². The molecular formula is C23H18ClFN2OS. The first kappa shape index (κ1) is 18.4. The van der Waals surface area contributed by atoms with Gasteiger partial charge in [-0.1, -0.05) is 35.9 Å². The van der Waals surface area contributed by atoms with Crippen molar-refractivity contribution >= 4 is 40.1 Å². The lowest BCUT2D eigenvalue weighted by Crippen LogP contribution is -2.27. The molecule has 0 bridgehead atoms. The van der Waals surface area contributed by atoms with E-state index < -0.39 is 11.9 Å². The van der Waals surface area contributed by atoms with Crippen molar-refractivity contribution in [3.8, 4) is 0 Å². The van der Waals surface area contributed by atoms with E-state index in [-0.39, 0.29) is 11.7 Å². The lowest BCUT2D eigenvalue weighted by atomic mass is 9.80. The van der Waals surface area contributed by atoms with Crippen LogP contribution in [0.3, 0.4) is 0 Å². The Balaban J connectivity index is 1.67. The second kappa shape index (κ2) is 7.32. The minimum absolute atomic E-state index is 0.0155. The number of ketones is 1. The largest absolute Gasteiger partial charge is 0.372 e. The Morgan fingerprint density at radius 3 is 2.59 bits per heavy atom. The van der Waals surface area contributed by atoms with Crippen LogP contribution in [-0.2, 0) is 4.79 Å². The standard InChI is InChI=1S/C23H18ClFN2OS/c24-14-5-3-6-15(25)21(14)23-22-18(26-16-7-1-2-8-17(16)27-23)11-13(12-19(22)28)20-9-4-10-29-20/h1-10,13,23,26-27H,11-12H2. The lowest BCUT2D eigenvalue weighted by Gasteiger charge is -2.29. The van der Waals surface area contributed by atoms with Gasteiger partial charge < -0.3 is 10.6 Å². The monoisotopic (exact) mass is 424 g/mol. The first-order chi connectivity index (χ1) is 14.1. The highest BCUT2D eigenvalue weighted by molar-refractivity contribution is 7.10. The lowest BCUT2D eigenvalue weighted by molar-refractivity contribution is -0.116. The minimum atomic E-state index is -0.647. The maximum absolute atomic E-state index is 14.9. The fourth-order valence-electron chi connectivity index (χ4n) is 4.22. The molecule has 3 nitrogen and oxygen atoms in total. The van der Waals surface area contributed by atoms with Crippen molar-refractivity contribution in [2.24, 2.45) is 0 Å². The molecule has 0 radical (unpaired) electrons. The van der Waals surface area contributed by atoms with Crippen molar-refractivity contribution in [2.45, 2.75) is 24.8 Å². The molecule has 2 atom stereocenters. The number of benzene rings is 2. The molecule has 2 heterocycles. The zero-order valence-corrected chi connectivity index (χ0v) is 17.0. The van der Waals surface area contributed by atoms with E-state index in [1.807, 2.05) is 35.7 Å². The molecule has 2 unspecified atom stereocenters. The molecule has 6 heteroatoms. The predicted molar refractivity (Wildman–Crippen MR) is 116 cm³/mol. The normalized spacial score (nSPS) is 21.0. The fraction of sp³-hybridized carbons (Fsp3) is 0.174. The number of thiophene rings is 1. The number of fused-ring (bicyclic) bond motifs is 1. The van der Waals surface area contributed by atoms with Gasteiger partial charge in [-0.2, -0.15) is 0 Å². The number of allylic oxidation sites excluding steroid dienone is 1. The third kappa shape index (κ3) is 3.24. The Kier molecular flexibility index (Phi) is 4.64. The molecule has 1 aromatic heterocycles. The van der Waals surface area contributed by atoms with E-state index in [9.17, 15) is 9.18 Å². The molecule has 1 aliphatic carbocycles. The van der Waals surface area contributed by atoms with Crippen LogP contribution in [0.5, 0.6) is 0 Å². The van der Waals surface area contributed by atoms with Crippen LogP contribution in [-0.4, -0.2) is 5.78 Å². The minimum Gasteiger partial charge on any atom is -0.372 e. The summed E-state index contributed by atoms with van der Waals surface area (Å²) >= 11 is 8.06. The van der Waals surface area contributed by atoms with Crippen molar-refractivity contribution in [3.63, 3.8) is 0 Å². The van der Waals surface area contributed by atoms with Crippen LogP contribution in [0, 0.1) is 5.82 Å². The highest BCUT2D eigenvalue weighted by Crippen LogP contribution is 2.46. The molecule has 0 amide bonds. The van der Waals surface area contributed by atoms with Crippen LogP contribution >= 0.6 is 22.9 Å². The Morgan fingerprint density at radius 1 is 1.00 bits per heavy atom. The van der Waals surface area contributed by atoms with E-state index in [2.05, 4.69) is 16.7 Å². The van der Waals surface area contributed by atoms with Gasteiger partial charge in [0, 0.05) is 39.1 Å². The summed E-state index contributed by atoms with van der Waals surface area (Å²) < 4.78 is 14.9. The van der Waals surface area contributed by atoms with Gasteiger partial charge in [0.15, 0.2) is 5.78 Å². The molecule has 29 heavy (non-hydrogen) atoms. The molecule has 5 rings (SSSR count). The van der Waals surface area contributed by atoms with Gasteiger partial charge in [-0.3, -0.25) is 4.79 Å². The summed E-state index contributed by atoms with van der Waals surface area (Å²) in [6.07, 6.45) is 1.10. The van der Waals surface area contributed by atoms with Crippen LogP contribution in [0.25, 0.3) is 0 Å². The van der Waals surface area contributed by atoms with Gasteiger partial charge in [-0.25, -0.2) is 4.39 Å². The summed E-state index contributed by atoms with van der Waals surface area (Å²) in [4.78, 5) is 14.5. The van der Waals surface area contributed by atoms with E-state index >= 15 is 0 Å². The summed E-state index contributed by atoms with van der Waals surface area (Å²) in [5.41, 5.74) is 3.40. The topological polar surface area (TPSA) is 41.1 Å². The van der Waals surface area contributed by atoms with Gasteiger partial charge in [0.1, 0.15) is 5.82 Å². The number of hydrogen-bond acceptors (Lipinski definition) is 4. The van der Waals surface area contributed by atoms with Crippen LogP contribution in [0.2, 0.25) is 5.02 Å². The Labute approximate surface area is 177 Å². The summed E-state index contributed by atoms with van der Waals surface area (Å²) in [6, 6.07) is 15.8. The number of para-hydroxylation sites is 2. The smallest absolute Gasteiger partial charge is 0.163 e. The zero-order chi connectivity index (χ0) is 20.0. The number of rotatable bonds is 2. The van der Waals surface area contributed by atoms with Gasteiger partial charge in [0.25, 0.3) is 0 Å². The van der Waals surface area contributed by atoms with Crippen molar-refractivity contribution in [3.05, 3.63) is 92.5 Å². The van der Waals surface area contributed by atoms with Gasteiger partial charge in [-0.15, -0.1) is 11.3 Å². The second-order valence-corrected chi connectivity index (χ2v) is 8.71. The molecule has 0 fully saturated rings. The van der Waals surface area contributed by atoms with Crippen LogP contribution < -0.4 is 10.6 Å². The number of hydrogen-bond donors (Lipinski definition) is 2. The second-order valence-electron chi connectivity index (χ2n) is 7.32. The highest BCUT2D eigenvalue weighted by atomic mass is 35.5. The molecule has 2 aliphatic rings. The summed E-state index contributed by atoms with van der Waals surface area (Å²) in [5, 5.41) is 9.17. The molecule has 2 N–H and O–H groups in total. The number of anilines is 2. The molecule has 1 aliphatic heterocycles. The quantitative estimate of drug-likeness (QED) is 0.492. The number of halogens is 2. The summed E-state index contributed by atoms with van der Waals surface area (Å²) in [7, 11) is 0. The van der Waals surface area contributed by atoms with E-state index in [0.29, 0.717) is 29.0 Å². The molecular weight excluding hydrogens is 407 g/mol. The number of nitrogens with one attached hydrogen (secondary N) is 2. The fourth-order valence-corrected chi connectivity index (χ4v) is 5.32. The predicted octanol–water partition coefficient (Wildman–Crippen LogP) is 6.52. The van der Waals surface area contributed by atoms with Crippen LogP contribution in [0.15, 0.2) is 71.2 Å². The molecule has 0 saturated heterocycles. The summed E-state index contributed by atoms with van der Waals surface area (Å²) in [5.74, 6) is -0.285. The molecule has 0 spiro atoms. The third-order valence-electron chi connectivity index (χ3n) is 5.54. The third-order valence-corrected chi connectivity index (χ3v) is 6.91. The summed E-state index contributed by atoms with van der Waals surface area (Å²) in [6.45, 7) is 0. The Bertz CT molecular complexity index is 1110. The van der Waals surface area contributed by atoms with Gasteiger partial charge in [0.2, 0.25) is 0 Å². The van der Waals surface area contributed by atoms with E-state index in [4.69, 9.17) is 11.6 Å². The van der Waals surface area contributed by atoms with Crippen molar-refractivity contribution in [1.82, 2.24) is 0 Å². The molecule has 2 aromatic carbocycles. The number of Topliss-reactive ketones (excluding diaryl/α,β-unsaturated/α-hetero) is 1. The Morgan fingerprint density at radius 2 is 1.83 bits per heavy atom. The first-order valence-corrected chi connectivity index (χ1v) is 10.7. The van der Waals surface area contributed by atoms with E-state index in [1.165, 1.54) is 10.9 Å². The molecule has 3 aromatic rings. The first-order valence-electron chi connectivity index (χ1n) is 9.48. The molecule has 146 valence electrons. The average Bonchev–Trinajstić information content (AvgIpc) is 3.18. The average molecular weight is 425 g/mol. The van der Waals surface area contributed by atoms with Gasteiger partial charge >= 0.3 is 0 Å². The maximum Gasteiger partial charge on any atom is 0.163 e.